The van der Waals surface area contributed by atoms with E-state index < -0.39 is 23.9 Å². The van der Waals surface area contributed by atoms with Crippen molar-refractivity contribution in [2.45, 2.75) is 26.3 Å². The number of urea groups is 1. The van der Waals surface area contributed by atoms with Crippen LogP contribution >= 0.6 is 0 Å². The third kappa shape index (κ3) is 4.87. The van der Waals surface area contributed by atoms with Crippen LogP contribution in [0.15, 0.2) is 24.3 Å². The van der Waals surface area contributed by atoms with Crippen molar-refractivity contribution < 1.29 is 18.7 Å². The molecule has 0 saturated heterocycles. The van der Waals surface area contributed by atoms with Crippen molar-refractivity contribution in [2.24, 2.45) is 5.92 Å². The lowest BCUT2D eigenvalue weighted by Gasteiger charge is -2.18. The molecule has 0 radical (unpaired) electrons. The molecule has 0 bridgehead atoms. The highest BCUT2D eigenvalue weighted by Crippen LogP contribution is 2.12. The number of methoxy groups -OCH3 is 1. The molecule has 0 heterocycles. The molecular formula is C14H19FN2O3. The molecule has 0 aromatic heterocycles. The molecule has 0 unspecified atom stereocenters. The fraction of sp³-hybridized carbons (Fsp3) is 0.429. The number of para-hydroxylation sites is 1. The zero-order chi connectivity index (χ0) is 15.1. The van der Waals surface area contributed by atoms with E-state index in [2.05, 4.69) is 15.4 Å². The summed E-state index contributed by atoms with van der Waals surface area (Å²) in [4.78, 5) is 23.3. The molecule has 1 aromatic rings. The van der Waals surface area contributed by atoms with Gasteiger partial charge in [-0.2, -0.15) is 0 Å². The number of carbonyl (C=O) groups is 2. The van der Waals surface area contributed by atoms with Gasteiger partial charge in [-0.25, -0.2) is 14.0 Å². The van der Waals surface area contributed by atoms with Gasteiger partial charge in [0.25, 0.3) is 0 Å². The smallest absolute Gasteiger partial charge is 0.328 e. The Morgan fingerprint density at radius 2 is 1.95 bits per heavy atom. The minimum atomic E-state index is -0.758. The normalized spacial score (nSPS) is 11.8. The largest absolute Gasteiger partial charge is 0.467 e. The van der Waals surface area contributed by atoms with E-state index in [9.17, 15) is 14.0 Å². The number of hydrogen-bond donors (Lipinski definition) is 2. The summed E-state index contributed by atoms with van der Waals surface area (Å²) < 4.78 is 18.0. The Morgan fingerprint density at radius 3 is 2.50 bits per heavy atom. The van der Waals surface area contributed by atoms with Crippen LogP contribution in [0, 0.1) is 11.7 Å². The van der Waals surface area contributed by atoms with Gasteiger partial charge in [-0.1, -0.05) is 26.0 Å². The predicted molar refractivity (Wildman–Crippen MR) is 73.8 cm³/mol. The average molecular weight is 282 g/mol. The third-order valence-corrected chi connectivity index (χ3v) is 2.62. The molecule has 5 nitrogen and oxygen atoms in total. The van der Waals surface area contributed by atoms with E-state index in [1.807, 2.05) is 13.8 Å². The zero-order valence-electron chi connectivity index (χ0n) is 11.8. The molecule has 6 heteroatoms. The highest BCUT2D eigenvalue weighted by atomic mass is 19.1. The first-order valence-corrected chi connectivity index (χ1v) is 6.34. The molecule has 0 fully saturated rings. The monoisotopic (exact) mass is 282 g/mol. The van der Waals surface area contributed by atoms with Gasteiger partial charge >= 0.3 is 12.0 Å². The van der Waals surface area contributed by atoms with Crippen molar-refractivity contribution in [2.75, 3.05) is 12.4 Å². The van der Waals surface area contributed by atoms with Crippen molar-refractivity contribution in [1.82, 2.24) is 5.32 Å². The number of hydrogen-bond acceptors (Lipinski definition) is 3. The van der Waals surface area contributed by atoms with Crippen molar-refractivity contribution in [3.05, 3.63) is 30.1 Å². The Bertz CT molecular complexity index is 477. The first-order valence-electron chi connectivity index (χ1n) is 6.34. The van der Waals surface area contributed by atoms with Crippen LogP contribution in [0.4, 0.5) is 14.9 Å². The van der Waals surface area contributed by atoms with Crippen LogP contribution in [0.5, 0.6) is 0 Å². The molecule has 20 heavy (non-hydrogen) atoms. The summed E-state index contributed by atoms with van der Waals surface area (Å²) in [5.41, 5.74) is 0.0539. The molecule has 0 aliphatic heterocycles. The van der Waals surface area contributed by atoms with E-state index in [0.29, 0.717) is 6.42 Å². The van der Waals surface area contributed by atoms with E-state index >= 15 is 0 Å². The predicted octanol–water partition coefficient (Wildman–Crippen LogP) is 2.53. The molecule has 110 valence electrons. The molecule has 2 amide bonds. The lowest BCUT2D eigenvalue weighted by atomic mass is 10.0. The summed E-state index contributed by atoms with van der Waals surface area (Å²) >= 11 is 0. The second kappa shape index (κ2) is 7.47. The summed E-state index contributed by atoms with van der Waals surface area (Å²) in [5.74, 6) is -0.864. The van der Waals surface area contributed by atoms with E-state index in [0.717, 1.165) is 0 Å². The number of esters is 1. The molecule has 0 spiro atoms. The molecule has 0 aliphatic carbocycles. The molecule has 1 atom stereocenters. The number of carbonyl (C=O) groups excluding carboxylic acids is 2. The summed E-state index contributed by atoms with van der Waals surface area (Å²) in [6.07, 6.45) is 0.442. The number of amides is 2. The lowest BCUT2D eigenvalue weighted by molar-refractivity contribution is -0.143. The van der Waals surface area contributed by atoms with E-state index in [-0.39, 0.29) is 11.6 Å². The van der Waals surface area contributed by atoms with Crippen LogP contribution < -0.4 is 10.6 Å². The summed E-state index contributed by atoms with van der Waals surface area (Å²) in [7, 11) is 1.26. The molecule has 1 rings (SSSR count). The molecule has 1 aromatic carbocycles. The van der Waals surface area contributed by atoms with Crippen LogP contribution in [0.2, 0.25) is 0 Å². The zero-order valence-corrected chi connectivity index (χ0v) is 11.8. The van der Waals surface area contributed by atoms with E-state index in [4.69, 9.17) is 0 Å². The van der Waals surface area contributed by atoms with Gasteiger partial charge in [0.1, 0.15) is 11.9 Å². The minimum absolute atomic E-state index is 0.0539. The Hall–Kier alpha value is -2.11. The quantitative estimate of drug-likeness (QED) is 0.815. The topological polar surface area (TPSA) is 67.4 Å². The average Bonchev–Trinajstić information content (AvgIpc) is 2.39. The van der Waals surface area contributed by atoms with Gasteiger partial charge in [-0.05, 0) is 24.5 Å². The highest BCUT2D eigenvalue weighted by Gasteiger charge is 2.22. The summed E-state index contributed by atoms with van der Waals surface area (Å²) in [6, 6.07) is 4.39. The molecular weight excluding hydrogens is 263 g/mol. The van der Waals surface area contributed by atoms with Crippen LogP contribution in [0.3, 0.4) is 0 Å². The van der Waals surface area contributed by atoms with Gasteiger partial charge in [-0.3, -0.25) is 0 Å². The van der Waals surface area contributed by atoms with Crippen LogP contribution in [-0.4, -0.2) is 25.2 Å². The lowest BCUT2D eigenvalue weighted by Crippen LogP contribution is -2.44. The fourth-order valence-electron chi connectivity index (χ4n) is 1.71. The number of rotatable bonds is 5. The van der Waals surface area contributed by atoms with Crippen LogP contribution in [0.1, 0.15) is 20.3 Å². The SMILES string of the molecule is COC(=O)[C@@H](CC(C)C)NC(=O)Nc1ccccc1F. The number of ether oxygens (including phenoxy) is 1. The van der Waals surface area contributed by atoms with Crippen molar-refractivity contribution in [3.63, 3.8) is 0 Å². The minimum Gasteiger partial charge on any atom is -0.467 e. The van der Waals surface area contributed by atoms with Gasteiger partial charge in [0.15, 0.2) is 0 Å². The Balaban J connectivity index is 2.66. The maximum absolute atomic E-state index is 13.4. The first-order chi connectivity index (χ1) is 9.43. The molecule has 0 aliphatic rings. The van der Waals surface area contributed by atoms with Gasteiger partial charge in [0.2, 0.25) is 0 Å². The highest BCUT2D eigenvalue weighted by molar-refractivity contribution is 5.92. The number of anilines is 1. The number of benzene rings is 1. The number of halogens is 1. The second-order valence-electron chi connectivity index (χ2n) is 4.78. The summed E-state index contributed by atoms with van der Waals surface area (Å²) in [6.45, 7) is 3.85. The van der Waals surface area contributed by atoms with Crippen LogP contribution in [-0.2, 0) is 9.53 Å². The summed E-state index contributed by atoms with van der Waals surface area (Å²) in [5, 5.41) is 4.84. The van der Waals surface area contributed by atoms with Gasteiger partial charge in [-0.15, -0.1) is 0 Å². The maximum atomic E-state index is 13.4. The van der Waals surface area contributed by atoms with Crippen molar-refractivity contribution in [1.29, 1.82) is 0 Å². The first kappa shape index (κ1) is 15.9. The van der Waals surface area contributed by atoms with Crippen molar-refractivity contribution >= 4 is 17.7 Å². The van der Waals surface area contributed by atoms with Gasteiger partial charge in [0, 0.05) is 0 Å². The second-order valence-corrected chi connectivity index (χ2v) is 4.78. The van der Waals surface area contributed by atoms with Gasteiger partial charge < -0.3 is 15.4 Å². The number of nitrogens with one attached hydrogen (secondary N) is 2. The molecule has 0 saturated carbocycles. The van der Waals surface area contributed by atoms with Crippen LogP contribution in [0.25, 0.3) is 0 Å². The Kier molecular flexibility index (Phi) is 5.96. The fourth-order valence-corrected chi connectivity index (χ4v) is 1.71. The van der Waals surface area contributed by atoms with E-state index in [1.54, 1.807) is 6.07 Å². The Labute approximate surface area is 117 Å². The van der Waals surface area contributed by atoms with Gasteiger partial charge in [0.05, 0.1) is 12.8 Å². The van der Waals surface area contributed by atoms with Crippen molar-refractivity contribution in [3.8, 4) is 0 Å². The Morgan fingerprint density at radius 1 is 1.30 bits per heavy atom. The molecule has 2 N–H and O–H groups in total. The third-order valence-electron chi connectivity index (χ3n) is 2.62. The van der Waals surface area contributed by atoms with E-state index in [1.165, 1.54) is 25.3 Å². The maximum Gasteiger partial charge on any atom is 0.328 e. The standard InChI is InChI=1S/C14H19FN2O3/c1-9(2)8-12(13(18)20-3)17-14(19)16-11-7-5-4-6-10(11)15/h4-7,9,12H,8H2,1-3H3,(H2,16,17,19)/t12-/m1/s1.